The van der Waals surface area contributed by atoms with E-state index in [0.717, 1.165) is 12.8 Å². The molecule has 92 valence electrons. The lowest BCUT2D eigenvalue weighted by molar-refractivity contribution is -0.126. The van der Waals surface area contributed by atoms with E-state index < -0.39 is 0 Å². The molecule has 0 aromatic carbocycles. The Bertz CT molecular complexity index is 257. The molecule has 0 saturated carbocycles. The molecule has 1 amide bonds. The summed E-state index contributed by atoms with van der Waals surface area (Å²) in [5.41, 5.74) is 0. The molecule has 2 bridgehead atoms. The Morgan fingerprint density at radius 3 is 2.94 bits per heavy atom. The monoisotopic (exact) mass is 226 g/mol. The van der Waals surface area contributed by atoms with Crippen LogP contribution in [0.25, 0.3) is 0 Å². The zero-order chi connectivity index (χ0) is 11.5. The number of carbonyl (C=O) groups excluding carboxylic acids is 1. The Hall–Kier alpha value is -0.610. The lowest BCUT2D eigenvalue weighted by Gasteiger charge is -2.22. The van der Waals surface area contributed by atoms with Crippen LogP contribution in [0.5, 0.6) is 0 Å². The average Bonchev–Trinajstić information content (AvgIpc) is 2.87. The molecule has 4 heteroatoms. The van der Waals surface area contributed by atoms with E-state index >= 15 is 0 Å². The molecule has 2 rings (SSSR count). The van der Waals surface area contributed by atoms with E-state index in [1.807, 2.05) is 13.8 Å². The fraction of sp³-hybridized carbons (Fsp3) is 0.917. The summed E-state index contributed by atoms with van der Waals surface area (Å²) in [5.74, 6) is 0.384. The minimum Gasteiger partial charge on any atom is -0.380 e. The first-order chi connectivity index (χ1) is 7.70. The second kappa shape index (κ2) is 5.15. The molecule has 2 fully saturated rings. The van der Waals surface area contributed by atoms with Crippen molar-refractivity contribution >= 4 is 5.91 Å². The van der Waals surface area contributed by atoms with Gasteiger partial charge in [0.1, 0.15) is 0 Å². The number of fused-ring (bicyclic) bond motifs is 2. The average molecular weight is 226 g/mol. The number of rotatable bonds is 5. The predicted octanol–water partition coefficient (Wildman–Crippen LogP) is 0.668. The van der Waals surface area contributed by atoms with Crippen LogP contribution in [0, 0.1) is 5.92 Å². The highest BCUT2D eigenvalue weighted by Gasteiger charge is 2.42. The van der Waals surface area contributed by atoms with Gasteiger partial charge in [-0.2, -0.15) is 0 Å². The summed E-state index contributed by atoms with van der Waals surface area (Å²) in [4.78, 5) is 12.0. The van der Waals surface area contributed by atoms with Gasteiger partial charge in [0.05, 0.1) is 12.5 Å². The van der Waals surface area contributed by atoms with Gasteiger partial charge in [0, 0.05) is 24.7 Å². The van der Waals surface area contributed by atoms with E-state index in [9.17, 15) is 4.79 Å². The predicted molar refractivity (Wildman–Crippen MR) is 62.2 cm³/mol. The first-order valence-electron chi connectivity index (χ1n) is 6.35. The standard InChI is InChI=1S/C12H22N2O2/c1-3-16-7-8(2)13-12(15)10-6-9-4-5-11(10)14-9/h8-11,14H,3-7H2,1-2H3,(H,13,15). The first kappa shape index (κ1) is 11.9. The summed E-state index contributed by atoms with van der Waals surface area (Å²) >= 11 is 0. The number of amides is 1. The molecular formula is C12H22N2O2. The third-order valence-electron chi connectivity index (χ3n) is 3.60. The largest absolute Gasteiger partial charge is 0.380 e. The van der Waals surface area contributed by atoms with Gasteiger partial charge in [0.25, 0.3) is 0 Å². The van der Waals surface area contributed by atoms with Gasteiger partial charge >= 0.3 is 0 Å². The van der Waals surface area contributed by atoms with Crippen LogP contribution in [0.4, 0.5) is 0 Å². The van der Waals surface area contributed by atoms with E-state index in [0.29, 0.717) is 25.3 Å². The Morgan fingerprint density at radius 2 is 2.38 bits per heavy atom. The molecule has 0 radical (unpaired) electrons. The zero-order valence-corrected chi connectivity index (χ0v) is 10.2. The quantitative estimate of drug-likeness (QED) is 0.724. The van der Waals surface area contributed by atoms with Crippen LogP contribution in [-0.2, 0) is 9.53 Å². The summed E-state index contributed by atoms with van der Waals surface area (Å²) in [6.45, 7) is 5.27. The van der Waals surface area contributed by atoms with Crippen molar-refractivity contribution in [3.8, 4) is 0 Å². The molecule has 2 aliphatic rings. The highest BCUT2D eigenvalue weighted by Crippen LogP contribution is 2.33. The Labute approximate surface area is 97.1 Å². The van der Waals surface area contributed by atoms with Crippen LogP contribution in [0.3, 0.4) is 0 Å². The van der Waals surface area contributed by atoms with E-state index in [1.54, 1.807) is 0 Å². The first-order valence-corrected chi connectivity index (χ1v) is 6.35. The second-order valence-electron chi connectivity index (χ2n) is 4.96. The van der Waals surface area contributed by atoms with Gasteiger partial charge in [-0.15, -0.1) is 0 Å². The van der Waals surface area contributed by atoms with Crippen LogP contribution in [0.2, 0.25) is 0 Å². The van der Waals surface area contributed by atoms with Crippen molar-refractivity contribution in [2.75, 3.05) is 13.2 Å². The number of carbonyl (C=O) groups is 1. The third kappa shape index (κ3) is 2.55. The molecule has 2 N–H and O–H groups in total. The molecule has 0 aliphatic carbocycles. The van der Waals surface area contributed by atoms with Gasteiger partial charge in [0.2, 0.25) is 5.91 Å². The Balaban J connectivity index is 1.75. The van der Waals surface area contributed by atoms with E-state index in [1.165, 1.54) is 6.42 Å². The molecule has 0 aromatic heterocycles. The van der Waals surface area contributed by atoms with Gasteiger partial charge in [0.15, 0.2) is 0 Å². The van der Waals surface area contributed by atoms with Crippen molar-refractivity contribution in [2.45, 2.75) is 51.2 Å². The second-order valence-corrected chi connectivity index (χ2v) is 4.96. The fourth-order valence-corrected chi connectivity index (χ4v) is 2.80. The summed E-state index contributed by atoms with van der Waals surface area (Å²) in [6.07, 6.45) is 3.41. The van der Waals surface area contributed by atoms with Gasteiger partial charge in [-0.3, -0.25) is 4.79 Å². The topological polar surface area (TPSA) is 50.4 Å². The highest BCUT2D eigenvalue weighted by molar-refractivity contribution is 5.80. The molecule has 0 aromatic rings. The third-order valence-corrected chi connectivity index (χ3v) is 3.60. The molecule has 0 spiro atoms. The number of hydrogen-bond donors (Lipinski definition) is 2. The van der Waals surface area contributed by atoms with Crippen LogP contribution in [-0.4, -0.2) is 37.2 Å². The summed E-state index contributed by atoms with van der Waals surface area (Å²) in [6, 6.07) is 1.12. The molecule has 2 heterocycles. The molecular weight excluding hydrogens is 204 g/mol. The summed E-state index contributed by atoms with van der Waals surface area (Å²) in [5, 5.41) is 6.52. The maximum atomic E-state index is 12.0. The van der Waals surface area contributed by atoms with Gasteiger partial charge < -0.3 is 15.4 Å². The lowest BCUT2D eigenvalue weighted by Crippen LogP contribution is -2.43. The normalized spacial score (nSPS) is 34.0. The van der Waals surface area contributed by atoms with Crippen molar-refractivity contribution < 1.29 is 9.53 Å². The molecule has 16 heavy (non-hydrogen) atoms. The van der Waals surface area contributed by atoms with E-state index in [4.69, 9.17) is 4.74 Å². The Morgan fingerprint density at radius 1 is 1.56 bits per heavy atom. The highest BCUT2D eigenvalue weighted by atomic mass is 16.5. The van der Waals surface area contributed by atoms with Crippen LogP contribution in [0.15, 0.2) is 0 Å². The van der Waals surface area contributed by atoms with Crippen LogP contribution in [0.1, 0.15) is 33.1 Å². The minimum atomic E-state index is 0.117. The Kier molecular flexibility index (Phi) is 3.82. The maximum absolute atomic E-state index is 12.0. The maximum Gasteiger partial charge on any atom is 0.225 e. The van der Waals surface area contributed by atoms with Gasteiger partial charge in [-0.25, -0.2) is 0 Å². The molecule has 4 atom stereocenters. The van der Waals surface area contributed by atoms with Crippen LogP contribution >= 0.6 is 0 Å². The minimum absolute atomic E-state index is 0.117. The van der Waals surface area contributed by atoms with Crippen molar-refractivity contribution in [3.63, 3.8) is 0 Å². The summed E-state index contributed by atoms with van der Waals surface area (Å²) < 4.78 is 5.29. The lowest BCUT2D eigenvalue weighted by atomic mass is 9.88. The zero-order valence-electron chi connectivity index (χ0n) is 10.2. The van der Waals surface area contributed by atoms with Crippen molar-refractivity contribution in [1.29, 1.82) is 0 Å². The van der Waals surface area contributed by atoms with Crippen molar-refractivity contribution in [3.05, 3.63) is 0 Å². The SMILES string of the molecule is CCOCC(C)NC(=O)C1CC2CCC1N2. The fourth-order valence-electron chi connectivity index (χ4n) is 2.80. The van der Waals surface area contributed by atoms with E-state index in [2.05, 4.69) is 10.6 Å². The van der Waals surface area contributed by atoms with Gasteiger partial charge in [-0.05, 0) is 33.1 Å². The molecule has 4 nitrogen and oxygen atoms in total. The smallest absolute Gasteiger partial charge is 0.225 e. The van der Waals surface area contributed by atoms with Crippen LogP contribution < -0.4 is 10.6 Å². The molecule has 4 unspecified atom stereocenters. The summed E-state index contributed by atoms with van der Waals surface area (Å²) in [7, 11) is 0. The van der Waals surface area contributed by atoms with E-state index in [-0.39, 0.29) is 17.9 Å². The number of hydrogen-bond acceptors (Lipinski definition) is 3. The number of ether oxygens (including phenoxy) is 1. The molecule has 2 aliphatic heterocycles. The van der Waals surface area contributed by atoms with Crippen molar-refractivity contribution in [1.82, 2.24) is 10.6 Å². The number of nitrogens with one attached hydrogen (secondary N) is 2. The van der Waals surface area contributed by atoms with Gasteiger partial charge in [-0.1, -0.05) is 0 Å². The molecule has 2 saturated heterocycles. The van der Waals surface area contributed by atoms with Crippen molar-refractivity contribution in [2.24, 2.45) is 5.92 Å².